The lowest BCUT2D eigenvalue weighted by Gasteiger charge is -2.12. The van der Waals surface area contributed by atoms with Crippen LogP contribution in [-0.2, 0) is 4.79 Å². The number of ketones is 1. The summed E-state index contributed by atoms with van der Waals surface area (Å²) in [5.41, 5.74) is 5.38. The first-order chi connectivity index (χ1) is 4.63. The van der Waals surface area contributed by atoms with E-state index in [0.29, 0.717) is 6.54 Å². The van der Waals surface area contributed by atoms with Crippen molar-refractivity contribution in [3.63, 3.8) is 0 Å². The maximum Gasteiger partial charge on any atom is 0.149 e. The van der Waals surface area contributed by atoms with Crippen LogP contribution in [0.5, 0.6) is 0 Å². The number of hydrogen-bond donors (Lipinski definition) is 1. The Kier molecular flexibility index (Phi) is 4.73. The number of Topliss-reactive ketones (excluding diaryl/α,β-unsaturated/α-hetero) is 1. The van der Waals surface area contributed by atoms with Crippen molar-refractivity contribution < 1.29 is 4.79 Å². The maximum absolute atomic E-state index is 11.2. The Hall–Kier alpha value is -0.0200. The van der Waals surface area contributed by atoms with Crippen LogP contribution in [0, 0.1) is 5.92 Å². The molecule has 1 atom stereocenters. The lowest BCUT2D eigenvalue weighted by Crippen LogP contribution is -2.29. The van der Waals surface area contributed by atoms with Gasteiger partial charge in [0.25, 0.3) is 0 Å². The van der Waals surface area contributed by atoms with Gasteiger partial charge in [-0.15, -0.1) is 0 Å². The molecular formula is C7H15NOS. The van der Waals surface area contributed by atoms with Crippen LogP contribution in [0.25, 0.3) is 0 Å². The van der Waals surface area contributed by atoms with Crippen LogP contribution >= 0.6 is 11.8 Å². The summed E-state index contributed by atoms with van der Waals surface area (Å²) in [5, 5.41) is -0.000000000000000222. The van der Waals surface area contributed by atoms with E-state index in [1.54, 1.807) is 0 Å². The van der Waals surface area contributed by atoms with E-state index >= 15 is 0 Å². The van der Waals surface area contributed by atoms with Crippen LogP contribution in [0.4, 0.5) is 0 Å². The zero-order valence-electron chi connectivity index (χ0n) is 6.76. The third kappa shape index (κ3) is 2.71. The summed E-state index contributed by atoms with van der Waals surface area (Å²) in [6.07, 6.45) is 1.91. The van der Waals surface area contributed by atoms with Gasteiger partial charge in [-0.3, -0.25) is 4.79 Å². The van der Waals surface area contributed by atoms with Crippen molar-refractivity contribution in [3.05, 3.63) is 0 Å². The fraction of sp³-hybridized carbons (Fsp3) is 0.857. The van der Waals surface area contributed by atoms with E-state index in [4.69, 9.17) is 5.73 Å². The molecule has 0 spiro atoms. The third-order valence-electron chi connectivity index (χ3n) is 1.38. The third-order valence-corrected chi connectivity index (χ3v) is 2.38. The highest BCUT2D eigenvalue weighted by molar-refractivity contribution is 7.99. The molecule has 1 unspecified atom stereocenters. The van der Waals surface area contributed by atoms with Gasteiger partial charge in [-0.1, -0.05) is 13.8 Å². The lowest BCUT2D eigenvalue weighted by molar-refractivity contribution is -0.121. The van der Waals surface area contributed by atoms with Crippen LogP contribution in [0.1, 0.15) is 13.8 Å². The van der Waals surface area contributed by atoms with Crippen molar-refractivity contribution in [2.45, 2.75) is 19.1 Å². The minimum atomic E-state index is -0.000000000000000222. The number of carbonyl (C=O) groups is 1. The van der Waals surface area contributed by atoms with Crippen molar-refractivity contribution in [3.8, 4) is 0 Å². The first-order valence-electron chi connectivity index (χ1n) is 3.40. The Bertz CT molecular complexity index is 110. The van der Waals surface area contributed by atoms with Gasteiger partial charge >= 0.3 is 0 Å². The Morgan fingerprint density at radius 3 is 2.20 bits per heavy atom. The van der Waals surface area contributed by atoms with Gasteiger partial charge in [0.15, 0.2) is 0 Å². The Morgan fingerprint density at radius 2 is 2.10 bits per heavy atom. The summed E-state index contributed by atoms with van der Waals surface area (Å²) in [7, 11) is 0. The molecule has 10 heavy (non-hydrogen) atoms. The van der Waals surface area contributed by atoms with Gasteiger partial charge < -0.3 is 5.73 Å². The van der Waals surface area contributed by atoms with E-state index in [-0.39, 0.29) is 17.0 Å². The maximum atomic E-state index is 11.2. The predicted molar refractivity (Wildman–Crippen MR) is 46.2 cm³/mol. The van der Waals surface area contributed by atoms with Gasteiger partial charge in [0.2, 0.25) is 0 Å². The quantitative estimate of drug-likeness (QED) is 0.666. The smallest absolute Gasteiger partial charge is 0.149 e. The molecule has 0 saturated heterocycles. The SMILES string of the molecule is CSC(CN)C(=O)C(C)C. The molecule has 0 bridgehead atoms. The van der Waals surface area contributed by atoms with E-state index in [1.807, 2.05) is 20.1 Å². The summed E-state index contributed by atoms with van der Waals surface area (Å²) in [5.74, 6) is 0.371. The number of hydrogen-bond acceptors (Lipinski definition) is 3. The van der Waals surface area contributed by atoms with Crippen LogP contribution < -0.4 is 5.73 Å². The Labute approximate surface area is 66.6 Å². The molecule has 0 heterocycles. The second-order valence-electron chi connectivity index (χ2n) is 2.52. The molecular weight excluding hydrogens is 146 g/mol. The van der Waals surface area contributed by atoms with Crippen LogP contribution in [-0.4, -0.2) is 23.8 Å². The van der Waals surface area contributed by atoms with E-state index in [0.717, 1.165) is 0 Å². The average molecular weight is 161 g/mol. The Morgan fingerprint density at radius 1 is 1.60 bits per heavy atom. The van der Waals surface area contributed by atoms with Gasteiger partial charge in [-0.25, -0.2) is 0 Å². The molecule has 0 amide bonds. The minimum absolute atomic E-state index is 0.000000000000000222. The molecule has 0 aliphatic rings. The largest absolute Gasteiger partial charge is 0.329 e. The predicted octanol–water partition coefficient (Wildman–Crippen LogP) is 0.902. The molecule has 0 aliphatic heterocycles. The highest BCUT2D eigenvalue weighted by Gasteiger charge is 2.17. The molecule has 60 valence electrons. The van der Waals surface area contributed by atoms with Crippen LogP contribution in [0.3, 0.4) is 0 Å². The van der Waals surface area contributed by atoms with Crippen molar-refractivity contribution in [2.75, 3.05) is 12.8 Å². The number of thioether (sulfide) groups is 1. The van der Waals surface area contributed by atoms with Crippen molar-refractivity contribution in [1.29, 1.82) is 0 Å². The molecule has 0 saturated carbocycles. The molecule has 2 N–H and O–H groups in total. The molecule has 0 aromatic heterocycles. The number of nitrogens with two attached hydrogens (primary N) is 1. The van der Waals surface area contributed by atoms with Gasteiger partial charge in [0.05, 0.1) is 5.25 Å². The minimum Gasteiger partial charge on any atom is -0.329 e. The number of rotatable bonds is 4. The first kappa shape index (κ1) is 9.98. The van der Waals surface area contributed by atoms with Crippen LogP contribution in [0.2, 0.25) is 0 Å². The average Bonchev–Trinajstić information content (AvgIpc) is 1.90. The normalized spacial score (nSPS) is 13.7. The molecule has 0 rings (SSSR count). The fourth-order valence-electron chi connectivity index (χ4n) is 0.700. The second-order valence-corrected chi connectivity index (χ2v) is 3.56. The van der Waals surface area contributed by atoms with Gasteiger partial charge in [0, 0.05) is 12.5 Å². The van der Waals surface area contributed by atoms with Gasteiger partial charge in [0.1, 0.15) is 5.78 Å². The molecule has 0 aromatic carbocycles. The monoisotopic (exact) mass is 161 g/mol. The van der Waals surface area contributed by atoms with E-state index in [1.165, 1.54) is 11.8 Å². The fourth-order valence-corrected chi connectivity index (χ4v) is 1.40. The van der Waals surface area contributed by atoms with E-state index in [2.05, 4.69) is 0 Å². The van der Waals surface area contributed by atoms with Gasteiger partial charge in [-0.05, 0) is 6.26 Å². The summed E-state index contributed by atoms with van der Waals surface area (Å²) in [6.45, 7) is 4.26. The Balaban J connectivity index is 3.89. The molecule has 0 fully saturated rings. The van der Waals surface area contributed by atoms with Crippen molar-refractivity contribution in [1.82, 2.24) is 0 Å². The summed E-state index contributed by atoms with van der Waals surface area (Å²) < 4.78 is 0. The standard InChI is InChI=1S/C7H15NOS/c1-5(2)7(9)6(4-8)10-3/h5-6H,4,8H2,1-3H3. The second kappa shape index (κ2) is 4.74. The molecule has 3 heteroatoms. The molecule has 0 radical (unpaired) electrons. The first-order valence-corrected chi connectivity index (χ1v) is 4.68. The molecule has 2 nitrogen and oxygen atoms in total. The van der Waals surface area contributed by atoms with Crippen molar-refractivity contribution >= 4 is 17.5 Å². The summed E-state index contributed by atoms with van der Waals surface area (Å²) in [6, 6.07) is 0. The number of carbonyl (C=O) groups excluding carboxylic acids is 1. The highest BCUT2D eigenvalue weighted by atomic mass is 32.2. The molecule has 0 aliphatic carbocycles. The molecule has 0 aromatic rings. The van der Waals surface area contributed by atoms with Crippen molar-refractivity contribution in [2.24, 2.45) is 11.7 Å². The highest BCUT2D eigenvalue weighted by Crippen LogP contribution is 2.10. The van der Waals surface area contributed by atoms with E-state index in [9.17, 15) is 4.79 Å². The summed E-state index contributed by atoms with van der Waals surface area (Å²) in [4.78, 5) is 11.2. The van der Waals surface area contributed by atoms with E-state index < -0.39 is 0 Å². The summed E-state index contributed by atoms with van der Waals surface area (Å²) >= 11 is 1.53. The van der Waals surface area contributed by atoms with Crippen LogP contribution in [0.15, 0.2) is 0 Å². The topological polar surface area (TPSA) is 43.1 Å². The lowest BCUT2D eigenvalue weighted by atomic mass is 10.1. The van der Waals surface area contributed by atoms with Gasteiger partial charge in [-0.2, -0.15) is 11.8 Å². The zero-order chi connectivity index (χ0) is 8.15. The zero-order valence-corrected chi connectivity index (χ0v) is 7.57.